The molecule has 1 aromatic heterocycles. The van der Waals surface area contributed by atoms with Crippen molar-refractivity contribution >= 4 is 5.91 Å². The summed E-state index contributed by atoms with van der Waals surface area (Å²) in [7, 11) is 0. The minimum absolute atomic E-state index is 0.0590. The van der Waals surface area contributed by atoms with Gasteiger partial charge >= 0.3 is 0 Å². The summed E-state index contributed by atoms with van der Waals surface area (Å²) in [6, 6.07) is 17.4. The maximum Gasteiger partial charge on any atom is 0.231 e. The van der Waals surface area contributed by atoms with Gasteiger partial charge in [0.25, 0.3) is 0 Å². The molecule has 0 spiro atoms. The zero-order valence-electron chi connectivity index (χ0n) is 15.0. The molecule has 1 aliphatic rings. The average Bonchev–Trinajstić information content (AvgIpc) is 3.15. The van der Waals surface area contributed by atoms with E-state index in [0.717, 1.165) is 16.7 Å². The van der Waals surface area contributed by atoms with Gasteiger partial charge in [0.1, 0.15) is 0 Å². The smallest absolute Gasteiger partial charge is 0.231 e. The largest absolute Gasteiger partial charge is 0.454 e. The third kappa shape index (κ3) is 3.92. The molecule has 27 heavy (non-hydrogen) atoms. The lowest BCUT2D eigenvalue weighted by Crippen LogP contribution is -2.30. The summed E-state index contributed by atoms with van der Waals surface area (Å²) in [5, 5.41) is 3.15. The molecule has 0 saturated carbocycles. The highest BCUT2D eigenvalue weighted by atomic mass is 16.7. The van der Waals surface area contributed by atoms with Gasteiger partial charge in [-0.3, -0.25) is 9.78 Å². The molecule has 0 aliphatic carbocycles. The van der Waals surface area contributed by atoms with Crippen LogP contribution in [-0.4, -0.2) is 17.7 Å². The van der Waals surface area contributed by atoms with Gasteiger partial charge < -0.3 is 14.8 Å². The number of carbonyl (C=O) groups is 1. The Kier molecular flexibility index (Phi) is 4.75. The monoisotopic (exact) mass is 360 g/mol. The van der Waals surface area contributed by atoms with E-state index in [1.807, 2.05) is 61.5 Å². The Balaban J connectivity index is 1.54. The summed E-state index contributed by atoms with van der Waals surface area (Å²) >= 11 is 0. The number of nitrogens with zero attached hydrogens (tertiary/aromatic N) is 1. The normalized spacial score (nSPS) is 13.2. The Morgan fingerprint density at radius 2 is 1.70 bits per heavy atom. The number of ether oxygens (including phenoxy) is 2. The Hall–Kier alpha value is -3.34. The molecule has 1 amide bonds. The number of fused-ring (bicyclic) bond motifs is 1. The first-order valence-electron chi connectivity index (χ1n) is 8.83. The van der Waals surface area contributed by atoms with Crippen LogP contribution in [0.4, 0.5) is 0 Å². The Labute approximate surface area is 158 Å². The van der Waals surface area contributed by atoms with E-state index in [1.165, 1.54) is 5.56 Å². The highest BCUT2D eigenvalue weighted by molar-refractivity contribution is 5.79. The summed E-state index contributed by atoms with van der Waals surface area (Å²) in [6.45, 7) is 2.27. The van der Waals surface area contributed by atoms with E-state index in [2.05, 4.69) is 10.3 Å². The molecule has 1 N–H and O–H groups in total. The van der Waals surface area contributed by atoms with Crippen LogP contribution in [0.25, 0.3) is 0 Å². The minimum atomic E-state index is -0.227. The van der Waals surface area contributed by atoms with Gasteiger partial charge in [-0.2, -0.15) is 0 Å². The summed E-state index contributed by atoms with van der Waals surface area (Å²) in [4.78, 5) is 16.8. The molecule has 5 heteroatoms. The number of pyridine rings is 1. The second-order valence-corrected chi connectivity index (χ2v) is 6.56. The van der Waals surface area contributed by atoms with Gasteiger partial charge in [-0.1, -0.05) is 35.9 Å². The van der Waals surface area contributed by atoms with Gasteiger partial charge in [-0.05, 0) is 47.9 Å². The molecule has 0 bridgehead atoms. The molecule has 136 valence electrons. The van der Waals surface area contributed by atoms with Crippen LogP contribution in [0.5, 0.6) is 11.5 Å². The number of aryl methyl sites for hydroxylation is 1. The molecule has 3 aromatic rings. The highest BCUT2D eigenvalue weighted by Crippen LogP contribution is 2.32. The van der Waals surface area contributed by atoms with Crippen molar-refractivity contribution in [1.82, 2.24) is 10.3 Å². The first-order chi connectivity index (χ1) is 13.2. The zero-order chi connectivity index (χ0) is 18.6. The lowest BCUT2D eigenvalue weighted by Gasteiger charge is -2.20. The first kappa shape index (κ1) is 17.1. The quantitative estimate of drug-likeness (QED) is 0.756. The van der Waals surface area contributed by atoms with Crippen molar-refractivity contribution in [3.05, 3.63) is 89.2 Å². The standard InChI is InChI=1S/C22H20N2O3/c1-15-2-5-17(6-3-15)22(18-8-10-23-11-9-18)24-21(25)13-16-4-7-19-20(12-16)27-14-26-19/h2-12,22H,13-14H2,1H3,(H,24,25). The number of nitrogens with one attached hydrogen (secondary N) is 1. The van der Waals surface area contributed by atoms with Gasteiger partial charge in [0, 0.05) is 12.4 Å². The molecular weight excluding hydrogens is 340 g/mol. The lowest BCUT2D eigenvalue weighted by molar-refractivity contribution is -0.120. The SMILES string of the molecule is Cc1ccc(C(NC(=O)Cc2ccc3c(c2)OCO3)c2ccncc2)cc1. The number of hydrogen-bond donors (Lipinski definition) is 1. The van der Waals surface area contributed by atoms with E-state index in [1.54, 1.807) is 12.4 Å². The Morgan fingerprint density at radius 1 is 1.00 bits per heavy atom. The molecule has 1 aliphatic heterocycles. The predicted octanol–water partition coefficient (Wildman–Crippen LogP) is 3.57. The number of amides is 1. The van der Waals surface area contributed by atoms with Crippen molar-refractivity contribution in [2.75, 3.05) is 6.79 Å². The average molecular weight is 360 g/mol. The van der Waals surface area contributed by atoms with Gasteiger partial charge in [0.05, 0.1) is 12.5 Å². The van der Waals surface area contributed by atoms with Crippen molar-refractivity contribution in [2.45, 2.75) is 19.4 Å². The molecule has 1 atom stereocenters. The third-order valence-corrected chi connectivity index (χ3v) is 4.56. The highest BCUT2D eigenvalue weighted by Gasteiger charge is 2.19. The van der Waals surface area contributed by atoms with Crippen LogP contribution in [0.15, 0.2) is 67.0 Å². The van der Waals surface area contributed by atoms with Crippen LogP contribution in [0, 0.1) is 6.92 Å². The van der Waals surface area contributed by atoms with Gasteiger partial charge in [0.15, 0.2) is 11.5 Å². The number of hydrogen-bond acceptors (Lipinski definition) is 4. The number of benzene rings is 2. The zero-order valence-corrected chi connectivity index (χ0v) is 15.0. The Bertz CT molecular complexity index is 940. The van der Waals surface area contributed by atoms with Crippen LogP contribution in [0.2, 0.25) is 0 Å². The van der Waals surface area contributed by atoms with Crippen molar-refractivity contribution < 1.29 is 14.3 Å². The third-order valence-electron chi connectivity index (χ3n) is 4.56. The van der Waals surface area contributed by atoms with E-state index in [-0.39, 0.29) is 25.2 Å². The molecule has 1 unspecified atom stereocenters. The number of carbonyl (C=O) groups excluding carboxylic acids is 1. The van der Waals surface area contributed by atoms with E-state index >= 15 is 0 Å². The molecule has 4 rings (SSSR count). The van der Waals surface area contributed by atoms with Gasteiger partial charge in [-0.15, -0.1) is 0 Å². The lowest BCUT2D eigenvalue weighted by atomic mass is 9.98. The van der Waals surface area contributed by atoms with Crippen molar-refractivity contribution in [2.24, 2.45) is 0 Å². The van der Waals surface area contributed by atoms with Crippen LogP contribution in [-0.2, 0) is 11.2 Å². The van der Waals surface area contributed by atoms with E-state index in [4.69, 9.17) is 9.47 Å². The summed E-state index contributed by atoms with van der Waals surface area (Å²) in [5.74, 6) is 1.34. The van der Waals surface area contributed by atoms with Crippen LogP contribution in [0.3, 0.4) is 0 Å². The van der Waals surface area contributed by atoms with E-state index in [0.29, 0.717) is 11.5 Å². The van der Waals surface area contributed by atoms with E-state index < -0.39 is 0 Å². The maximum atomic E-state index is 12.7. The van der Waals surface area contributed by atoms with Crippen LogP contribution >= 0.6 is 0 Å². The summed E-state index contributed by atoms with van der Waals surface area (Å²) < 4.78 is 10.7. The second-order valence-electron chi connectivity index (χ2n) is 6.56. The molecule has 0 fully saturated rings. The first-order valence-corrected chi connectivity index (χ1v) is 8.83. The van der Waals surface area contributed by atoms with Crippen molar-refractivity contribution in [3.63, 3.8) is 0 Å². The van der Waals surface area contributed by atoms with Crippen molar-refractivity contribution in [3.8, 4) is 11.5 Å². The molecule has 2 aromatic carbocycles. The fraction of sp³-hybridized carbons (Fsp3) is 0.182. The van der Waals surface area contributed by atoms with Gasteiger partial charge in [-0.25, -0.2) is 0 Å². The number of rotatable bonds is 5. The molecule has 5 nitrogen and oxygen atoms in total. The molecular formula is C22H20N2O3. The summed E-state index contributed by atoms with van der Waals surface area (Å²) in [5.41, 5.74) is 4.09. The van der Waals surface area contributed by atoms with Crippen molar-refractivity contribution in [1.29, 1.82) is 0 Å². The molecule has 0 radical (unpaired) electrons. The molecule has 2 heterocycles. The topological polar surface area (TPSA) is 60.5 Å². The Morgan fingerprint density at radius 3 is 2.48 bits per heavy atom. The van der Waals surface area contributed by atoms with Crippen LogP contribution < -0.4 is 14.8 Å². The predicted molar refractivity (Wildman–Crippen MR) is 102 cm³/mol. The molecule has 0 saturated heterocycles. The minimum Gasteiger partial charge on any atom is -0.454 e. The van der Waals surface area contributed by atoms with Crippen LogP contribution in [0.1, 0.15) is 28.3 Å². The number of aromatic nitrogens is 1. The fourth-order valence-electron chi connectivity index (χ4n) is 3.12. The second kappa shape index (κ2) is 7.50. The van der Waals surface area contributed by atoms with Gasteiger partial charge in [0.2, 0.25) is 12.7 Å². The maximum absolute atomic E-state index is 12.7. The van der Waals surface area contributed by atoms with E-state index in [9.17, 15) is 4.79 Å². The fourth-order valence-corrected chi connectivity index (χ4v) is 3.12. The summed E-state index contributed by atoms with van der Waals surface area (Å²) in [6.07, 6.45) is 3.74.